The number of rotatable bonds is 11. The summed E-state index contributed by atoms with van der Waals surface area (Å²) in [4.78, 5) is 16.4. The Morgan fingerprint density at radius 2 is 1.56 bits per heavy atom. The molecule has 0 fully saturated rings. The normalized spacial score (nSPS) is 10.9. The van der Waals surface area contributed by atoms with E-state index in [1.807, 2.05) is 0 Å². The minimum absolute atomic E-state index is 0.0187. The summed E-state index contributed by atoms with van der Waals surface area (Å²) in [5.41, 5.74) is 1.31. The summed E-state index contributed by atoms with van der Waals surface area (Å²) in [7, 11) is -2.52. The molecule has 0 saturated carbocycles. The zero-order chi connectivity index (χ0) is 25.4. The average molecular weight is 529 g/mol. The summed E-state index contributed by atoms with van der Waals surface area (Å²) in [6, 6.07) is 15.4. The summed E-state index contributed by atoms with van der Waals surface area (Å²) < 4.78 is 46.8. The van der Waals surface area contributed by atoms with E-state index in [1.165, 1.54) is 25.8 Å². The van der Waals surface area contributed by atoms with Gasteiger partial charge >= 0.3 is 16.2 Å². The number of ether oxygens (including phenoxy) is 3. The quantitative estimate of drug-likeness (QED) is 0.278. The second kappa shape index (κ2) is 11.5. The first-order valence-electron chi connectivity index (χ1n) is 10.5. The minimum atomic E-state index is -4.03. The number of halogens is 1. The molecule has 2 aromatic carbocycles. The Labute approximate surface area is 212 Å². The van der Waals surface area contributed by atoms with Gasteiger partial charge in [-0.15, -0.1) is 0 Å². The molecule has 2 N–H and O–H groups in total. The molecule has 186 valence electrons. The number of anilines is 2. The third kappa shape index (κ3) is 6.71. The molecular weight excluding hydrogens is 508 g/mol. The lowest BCUT2D eigenvalue weighted by Crippen LogP contribution is -2.23. The number of para-hydroxylation sites is 1. The molecule has 2 heterocycles. The standard InChI is InChI=1S/C23H21ClN6O5S/c1-33-19-13-25-23(26-14-19)35-12-11-34-22-20(16-7-9-17(24)10-8-16)21(27-15-28-22)30-36(31,32)29-18-5-3-2-4-6-18/h2-10,13-15,29H,11-12H2,1H3,(H,27,28,30). The second-order valence-corrected chi connectivity index (χ2v) is 8.94. The predicted octanol–water partition coefficient (Wildman–Crippen LogP) is 3.82. The summed E-state index contributed by atoms with van der Waals surface area (Å²) in [5.74, 6) is 0.665. The van der Waals surface area contributed by atoms with Gasteiger partial charge in [0.05, 0.1) is 30.8 Å². The van der Waals surface area contributed by atoms with Crippen LogP contribution in [0.2, 0.25) is 5.02 Å². The molecule has 0 aliphatic rings. The van der Waals surface area contributed by atoms with Crippen LogP contribution in [0.3, 0.4) is 0 Å². The van der Waals surface area contributed by atoms with E-state index < -0.39 is 10.2 Å². The van der Waals surface area contributed by atoms with Crippen molar-refractivity contribution in [2.45, 2.75) is 0 Å². The third-order valence-corrected chi connectivity index (χ3v) is 5.81. The maximum Gasteiger partial charge on any atom is 0.322 e. The van der Waals surface area contributed by atoms with Gasteiger partial charge in [-0.05, 0) is 29.8 Å². The van der Waals surface area contributed by atoms with Crippen molar-refractivity contribution in [3.8, 4) is 28.8 Å². The van der Waals surface area contributed by atoms with Crippen LogP contribution in [-0.2, 0) is 10.2 Å². The van der Waals surface area contributed by atoms with Crippen molar-refractivity contribution in [2.24, 2.45) is 0 Å². The maximum absolute atomic E-state index is 12.8. The number of nitrogens with one attached hydrogen (secondary N) is 2. The first-order valence-corrected chi connectivity index (χ1v) is 12.4. The third-order valence-electron chi connectivity index (χ3n) is 4.60. The van der Waals surface area contributed by atoms with Crippen molar-refractivity contribution in [3.05, 3.63) is 78.3 Å². The van der Waals surface area contributed by atoms with Crippen molar-refractivity contribution >= 4 is 33.3 Å². The van der Waals surface area contributed by atoms with Crippen molar-refractivity contribution in [1.29, 1.82) is 0 Å². The Bertz CT molecular complexity index is 1390. The molecule has 0 radical (unpaired) electrons. The molecule has 13 heteroatoms. The first-order chi connectivity index (χ1) is 17.4. The molecule has 0 amide bonds. The number of nitrogens with zero attached hydrogens (tertiary/aromatic N) is 4. The van der Waals surface area contributed by atoms with Crippen LogP contribution in [0, 0.1) is 0 Å². The van der Waals surface area contributed by atoms with E-state index >= 15 is 0 Å². The Morgan fingerprint density at radius 1 is 0.861 bits per heavy atom. The smallest absolute Gasteiger partial charge is 0.322 e. The molecule has 0 saturated heterocycles. The van der Waals surface area contributed by atoms with Gasteiger partial charge < -0.3 is 14.2 Å². The molecule has 4 rings (SSSR count). The monoisotopic (exact) mass is 528 g/mol. The zero-order valence-corrected chi connectivity index (χ0v) is 20.5. The molecule has 2 aromatic heterocycles. The lowest BCUT2D eigenvalue weighted by atomic mass is 10.1. The van der Waals surface area contributed by atoms with E-state index in [2.05, 4.69) is 29.4 Å². The van der Waals surface area contributed by atoms with E-state index in [9.17, 15) is 8.42 Å². The van der Waals surface area contributed by atoms with Crippen LogP contribution in [-0.4, -0.2) is 48.7 Å². The van der Waals surface area contributed by atoms with Crippen molar-refractivity contribution < 1.29 is 22.6 Å². The Kier molecular flexibility index (Phi) is 7.98. The van der Waals surface area contributed by atoms with Gasteiger partial charge in [-0.25, -0.2) is 14.7 Å². The fourth-order valence-electron chi connectivity index (χ4n) is 3.00. The Hall–Kier alpha value is -4.16. The topological polar surface area (TPSA) is 137 Å². The molecule has 0 unspecified atom stereocenters. The van der Waals surface area contributed by atoms with E-state index in [0.29, 0.717) is 27.6 Å². The number of benzene rings is 2. The molecule has 4 aromatic rings. The Morgan fingerprint density at radius 3 is 2.25 bits per heavy atom. The SMILES string of the molecule is COc1cnc(OCCOc2ncnc(NS(=O)(=O)Nc3ccccc3)c2-c2ccc(Cl)cc2)nc1. The highest BCUT2D eigenvalue weighted by molar-refractivity contribution is 7.94. The molecule has 0 aliphatic carbocycles. The van der Waals surface area contributed by atoms with Gasteiger partial charge in [0.25, 0.3) is 0 Å². The van der Waals surface area contributed by atoms with Gasteiger partial charge in [-0.1, -0.05) is 41.9 Å². The summed E-state index contributed by atoms with van der Waals surface area (Å²) in [5, 5.41) is 0.513. The fourth-order valence-corrected chi connectivity index (χ4v) is 4.04. The largest absolute Gasteiger partial charge is 0.494 e. The molecule has 11 nitrogen and oxygen atoms in total. The van der Waals surface area contributed by atoms with Gasteiger partial charge in [0.1, 0.15) is 19.5 Å². The number of aromatic nitrogens is 4. The molecule has 36 heavy (non-hydrogen) atoms. The van der Waals surface area contributed by atoms with Crippen LogP contribution >= 0.6 is 11.6 Å². The van der Waals surface area contributed by atoms with Crippen molar-refractivity contribution in [3.63, 3.8) is 0 Å². The van der Waals surface area contributed by atoms with Crippen LogP contribution in [0.15, 0.2) is 73.3 Å². The van der Waals surface area contributed by atoms with Gasteiger partial charge in [0.15, 0.2) is 11.6 Å². The van der Waals surface area contributed by atoms with Crippen molar-refractivity contribution in [1.82, 2.24) is 19.9 Å². The molecule has 0 spiro atoms. The maximum atomic E-state index is 12.8. The molecule has 0 aliphatic heterocycles. The minimum Gasteiger partial charge on any atom is -0.494 e. The van der Waals surface area contributed by atoms with E-state index in [4.69, 9.17) is 25.8 Å². The number of hydrogen-bond acceptors (Lipinski definition) is 9. The second-order valence-electron chi connectivity index (χ2n) is 7.09. The van der Waals surface area contributed by atoms with Gasteiger partial charge in [0, 0.05) is 5.02 Å². The molecule has 0 atom stereocenters. The highest BCUT2D eigenvalue weighted by Gasteiger charge is 2.20. The van der Waals surface area contributed by atoms with E-state index in [-0.39, 0.29) is 30.9 Å². The number of hydrogen-bond donors (Lipinski definition) is 2. The van der Waals surface area contributed by atoms with Crippen molar-refractivity contribution in [2.75, 3.05) is 29.8 Å². The summed E-state index contributed by atoms with van der Waals surface area (Å²) in [6.07, 6.45) is 4.16. The van der Waals surface area contributed by atoms with E-state index in [1.54, 1.807) is 54.6 Å². The van der Waals surface area contributed by atoms with Crippen LogP contribution < -0.4 is 23.7 Å². The zero-order valence-electron chi connectivity index (χ0n) is 19.0. The first kappa shape index (κ1) is 24.9. The summed E-state index contributed by atoms with van der Waals surface area (Å²) in [6.45, 7) is 0.175. The van der Waals surface area contributed by atoms with Gasteiger partial charge in [-0.3, -0.25) is 4.72 Å². The average Bonchev–Trinajstić information content (AvgIpc) is 2.88. The molecular formula is C23H21ClN6O5S. The lowest BCUT2D eigenvalue weighted by molar-refractivity contribution is 0.201. The fraction of sp³-hybridized carbons (Fsp3) is 0.130. The van der Waals surface area contributed by atoms with Crippen LogP contribution in [0.5, 0.6) is 17.6 Å². The van der Waals surface area contributed by atoms with Crippen LogP contribution in [0.1, 0.15) is 0 Å². The number of methoxy groups -OCH3 is 1. The van der Waals surface area contributed by atoms with Gasteiger partial charge in [0.2, 0.25) is 5.88 Å². The van der Waals surface area contributed by atoms with Gasteiger partial charge in [-0.2, -0.15) is 18.4 Å². The van der Waals surface area contributed by atoms with Crippen LogP contribution in [0.25, 0.3) is 11.1 Å². The highest BCUT2D eigenvalue weighted by Crippen LogP contribution is 2.35. The van der Waals surface area contributed by atoms with Crippen LogP contribution in [0.4, 0.5) is 11.5 Å². The Balaban J connectivity index is 1.53. The van der Waals surface area contributed by atoms with E-state index in [0.717, 1.165) is 0 Å². The predicted molar refractivity (Wildman–Crippen MR) is 135 cm³/mol. The lowest BCUT2D eigenvalue weighted by Gasteiger charge is -2.16. The summed E-state index contributed by atoms with van der Waals surface area (Å²) >= 11 is 6.03. The highest BCUT2D eigenvalue weighted by atomic mass is 35.5. The molecule has 0 bridgehead atoms.